The number of para-hydroxylation sites is 2. The van der Waals surface area contributed by atoms with E-state index < -0.39 is 5.41 Å². The Morgan fingerprint density at radius 1 is 0.267 bits per heavy atom. The Labute approximate surface area is 446 Å². The fraction of sp³-hybridized carbons (Fsp3) is 0.233. The second-order valence-electron chi connectivity index (χ2n) is 25.5. The molecule has 1 spiro atoms. The molecular weight excluding hydrogens is 905 g/mol. The van der Waals surface area contributed by atoms with Gasteiger partial charge < -0.3 is 9.80 Å². The predicted molar refractivity (Wildman–Crippen MR) is 322 cm³/mol. The third kappa shape index (κ3) is 7.90. The summed E-state index contributed by atoms with van der Waals surface area (Å²) < 4.78 is 0. The lowest BCUT2D eigenvalue weighted by Gasteiger charge is -2.33. The third-order valence-electron chi connectivity index (χ3n) is 16.4. The molecule has 0 N–H and O–H groups in total. The third-order valence-corrected chi connectivity index (χ3v) is 16.4. The molecule has 0 aromatic heterocycles. The first-order valence-electron chi connectivity index (χ1n) is 27.1. The van der Waals surface area contributed by atoms with Crippen LogP contribution >= 0.6 is 0 Å². The summed E-state index contributed by atoms with van der Waals surface area (Å²) in [6.45, 7) is 27.8. The van der Waals surface area contributed by atoms with Gasteiger partial charge in [-0.25, -0.2) is 0 Å². The zero-order chi connectivity index (χ0) is 52.4. The van der Waals surface area contributed by atoms with E-state index in [0.29, 0.717) is 0 Å². The first kappa shape index (κ1) is 48.3. The van der Waals surface area contributed by atoms with Crippen LogP contribution in [0.3, 0.4) is 0 Å². The highest BCUT2D eigenvalue weighted by Gasteiger charge is 2.54. The Hall–Kier alpha value is -7.68. The molecule has 0 radical (unpaired) electrons. The van der Waals surface area contributed by atoms with Crippen LogP contribution in [0.4, 0.5) is 34.1 Å². The van der Waals surface area contributed by atoms with Crippen molar-refractivity contribution < 1.29 is 0 Å². The Morgan fingerprint density at radius 2 is 0.587 bits per heavy atom. The SMILES string of the molecule is CC(C)(C)c1ccc(N(c2ccccc2)c2ccc3c4c(ccc3c2)-c2ccc3cc(N(c5ccccc5)c5ccc(C(C)(C)C)cc5)ccc3c2C42c3ccc(C(C)(C)C)cc3-c3cc(C(C)(C)C)ccc32)cc1. The van der Waals surface area contributed by atoms with Gasteiger partial charge in [-0.1, -0.05) is 217 Å². The zero-order valence-corrected chi connectivity index (χ0v) is 46.0. The summed E-state index contributed by atoms with van der Waals surface area (Å²) in [6.07, 6.45) is 0. The molecule has 0 amide bonds. The van der Waals surface area contributed by atoms with Crippen LogP contribution in [0.25, 0.3) is 43.8 Å². The smallest absolute Gasteiger partial charge is 0.0737 e. The summed E-state index contributed by atoms with van der Waals surface area (Å²) in [5.74, 6) is 0. The summed E-state index contributed by atoms with van der Waals surface area (Å²) in [6, 6.07) is 79.0. The van der Waals surface area contributed by atoms with Crippen LogP contribution in [0.1, 0.15) is 128 Å². The molecule has 2 nitrogen and oxygen atoms in total. The Morgan fingerprint density at radius 3 is 0.933 bits per heavy atom. The molecule has 0 saturated carbocycles. The van der Waals surface area contributed by atoms with Crippen molar-refractivity contribution in [2.24, 2.45) is 0 Å². The van der Waals surface area contributed by atoms with Gasteiger partial charge in [-0.05, 0) is 183 Å². The van der Waals surface area contributed by atoms with E-state index in [4.69, 9.17) is 0 Å². The van der Waals surface area contributed by atoms with Crippen molar-refractivity contribution in [2.45, 2.75) is 110 Å². The van der Waals surface area contributed by atoms with Crippen molar-refractivity contribution in [3.8, 4) is 22.3 Å². The molecule has 0 aliphatic heterocycles. The summed E-state index contributed by atoms with van der Waals surface area (Å²) in [5, 5.41) is 5.00. The molecule has 75 heavy (non-hydrogen) atoms. The molecule has 10 aromatic rings. The average Bonchev–Trinajstić information content (AvgIpc) is 3.87. The zero-order valence-electron chi connectivity index (χ0n) is 46.0. The number of hydrogen-bond acceptors (Lipinski definition) is 2. The van der Waals surface area contributed by atoms with Crippen molar-refractivity contribution >= 4 is 55.7 Å². The molecule has 2 heteroatoms. The van der Waals surface area contributed by atoms with Gasteiger partial charge in [0.2, 0.25) is 0 Å². The molecule has 0 fully saturated rings. The Balaban J connectivity index is 1.12. The van der Waals surface area contributed by atoms with E-state index in [-0.39, 0.29) is 21.7 Å². The number of rotatable bonds is 6. The van der Waals surface area contributed by atoms with Gasteiger partial charge in [0.05, 0.1) is 5.41 Å². The topological polar surface area (TPSA) is 6.48 Å². The minimum atomic E-state index is -0.603. The van der Waals surface area contributed by atoms with E-state index in [1.165, 1.54) is 88.3 Å². The molecular formula is C73H70N2. The minimum absolute atomic E-state index is 0.0281. The summed E-state index contributed by atoms with van der Waals surface area (Å²) in [7, 11) is 0. The average molecular weight is 975 g/mol. The number of fused-ring (bicyclic) bond motifs is 14. The van der Waals surface area contributed by atoms with E-state index in [2.05, 4.69) is 299 Å². The molecule has 0 bridgehead atoms. The van der Waals surface area contributed by atoms with E-state index in [0.717, 1.165) is 34.1 Å². The van der Waals surface area contributed by atoms with E-state index in [1.807, 2.05) is 0 Å². The lowest BCUT2D eigenvalue weighted by Crippen LogP contribution is -2.27. The van der Waals surface area contributed by atoms with Gasteiger partial charge in [-0.15, -0.1) is 0 Å². The van der Waals surface area contributed by atoms with Crippen LogP contribution in [0.15, 0.2) is 206 Å². The fourth-order valence-electron chi connectivity index (χ4n) is 12.4. The molecule has 12 rings (SSSR count). The van der Waals surface area contributed by atoms with Gasteiger partial charge in [-0.2, -0.15) is 0 Å². The lowest BCUT2D eigenvalue weighted by atomic mass is 9.68. The van der Waals surface area contributed by atoms with Crippen molar-refractivity contribution in [1.82, 2.24) is 0 Å². The normalized spacial score (nSPS) is 13.7. The Kier molecular flexibility index (Phi) is 11.1. The van der Waals surface area contributed by atoms with Gasteiger partial charge in [0.15, 0.2) is 0 Å². The summed E-state index contributed by atoms with van der Waals surface area (Å²) >= 11 is 0. The molecule has 0 atom stereocenters. The van der Waals surface area contributed by atoms with Crippen molar-refractivity contribution in [3.05, 3.63) is 251 Å². The fourth-order valence-corrected chi connectivity index (χ4v) is 12.4. The summed E-state index contributed by atoms with van der Waals surface area (Å²) in [4.78, 5) is 4.82. The van der Waals surface area contributed by atoms with Gasteiger partial charge in [0.25, 0.3) is 0 Å². The first-order chi connectivity index (χ1) is 35.7. The lowest BCUT2D eigenvalue weighted by molar-refractivity contribution is 0.589. The molecule has 0 saturated heterocycles. The first-order valence-corrected chi connectivity index (χ1v) is 27.1. The van der Waals surface area contributed by atoms with Crippen LogP contribution in [0, 0.1) is 0 Å². The molecule has 2 aliphatic rings. The van der Waals surface area contributed by atoms with Crippen LogP contribution in [-0.2, 0) is 27.1 Å². The number of benzene rings is 10. The molecule has 372 valence electrons. The maximum Gasteiger partial charge on any atom is 0.0737 e. The van der Waals surface area contributed by atoms with E-state index >= 15 is 0 Å². The maximum absolute atomic E-state index is 2.53. The van der Waals surface area contributed by atoms with Gasteiger partial charge >= 0.3 is 0 Å². The molecule has 0 heterocycles. The minimum Gasteiger partial charge on any atom is -0.310 e. The van der Waals surface area contributed by atoms with Gasteiger partial charge in [0.1, 0.15) is 0 Å². The van der Waals surface area contributed by atoms with Crippen molar-refractivity contribution in [3.63, 3.8) is 0 Å². The van der Waals surface area contributed by atoms with Crippen molar-refractivity contribution in [2.75, 3.05) is 9.80 Å². The number of nitrogens with zero attached hydrogens (tertiary/aromatic N) is 2. The van der Waals surface area contributed by atoms with E-state index in [1.54, 1.807) is 0 Å². The predicted octanol–water partition coefficient (Wildman–Crippen LogP) is 20.5. The standard InChI is InChI=1S/C73H70N2/c1-69(2,3)49-25-31-55(32-26-49)74(53-19-15-13-16-20-53)57-35-39-59-47(43-57)23-37-61-62-38-24-48-44-58(75(54-21-17-14-18-22-54)56-33-27-50(28-34-56)70(4,5)6)36-40-60(48)68(62)73(67(59)61)65-41-29-51(71(7,8)9)45-63(65)64-46-52(72(10,11)12)30-42-66(64)73/h13-46H,1-12H3. The molecule has 10 aromatic carbocycles. The van der Waals surface area contributed by atoms with Gasteiger partial charge in [-0.3, -0.25) is 0 Å². The number of hydrogen-bond donors (Lipinski definition) is 0. The molecule has 0 unspecified atom stereocenters. The highest BCUT2D eigenvalue weighted by molar-refractivity contribution is 6.10. The quantitative estimate of drug-likeness (QED) is 0.164. The second-order valence-corrected chi connectivity index (χ2v) is 25.5. The number of anilines is 6. The molecule has 2 aliphatic carbocycles. The Bertz CT molecular complexity index is 3580. The highest BCUT2D eigenvalue weighted by atomic mass is 15.1. The summed E-state index contributed by atoms with van der Waals surface area (Å²) in [5.41, 5.74) is 22.4. The largest absolute Gasteiger partial charge is 0.310 e. The monoisotopic (exact) mass is 975 g/mol. The van der Waals surface area contributed by atoms with Crippen molar-refractivity contribution in [1.29, 1.82) is 0 Å². The maximum atomic E-state index is 2.53. The highest BCUT2D eigenvalue weighted by Crippen LogP contribution is 2.66. The van der Waals surface area contributed by atoms with Gasteiger partial charge in [0, 0.05) is 34.1 Å². The second kappa shape index (κ2) is 17.2. The van der Waals surface area contributed by atoms with Crippen LogP contribution in [0.5, 0.6) is 0 Å². The van der Waals surface area contributed by atoms with Crippen LogP contribution < -0.4 is 9.80 Å². The van der Waals surface area contributed by atoms with Crippen LogP contribution in [-0.4, -0.2) is 0 Å². The van der Waals surface area contributed by atoms with E-state index in [9.17, 15) is 0 Å². The van der Waals surface area contributed by atoms with Crippen LogP contribution in [0.2, 0.25) is 0 Å².